The van der Waals surface area contributed by atoms with Gasteiger partial charge in [0.05, 0.1) is 0 Å². The number of aryl methyl sites for hydroxylation is 1. The fourth-order valence-electron chi connectivity index (χ4n) is 2.64. The Labute approximate surface area is 113 Å². The molecule has 0 spiro atoms. The summed E-state index contributed by atoms with van der Waals surface area (Å²) < 4.78 is 0. The van der Waals surface area contributed by atoms with Crippen molar-refractivity contribution in [3.8, 4) is 0 Å². The summed E-state index contributed by atoms with van der Waals surface area (Å²) in [5.41, 5.74) is 2.89. The summed E-state index contributed by atoms with van der Waals surface area (Å²) in [6.07, 6.45) is 2.13. The maximum Gasteiger partial charge on any atom is 0.132 e. The summed E-state index contributed by atoms with van der Waals surface area (Å²) in [5.74, 6) is 2.53. The van der Waals surface area contributed by atoms with Crippen molar-refractivity contribution in [3.63, 3.8) is 0 Å². The number of rotatable bonds is 3. The van der Waals surface area contributed by atoms with E-state index in [0.717, 1.165) is 30.3 Å². The predicted molar refractivity (Wildman–Crippen MR) is 77.6 cm³/mol. The molecule has 0 saturated heterocycles. The van der Waals surface area contributed by atoms with Crippen LogP contribution in [0.15, 0.2) is 30.3 Å². The van der Waals surface area contributed by atoms with Crippen LogP contribution < -0.4 is 10.6 Å². The molecule has 4 heteroatoms. The average molecular weight is 254 g/mol. The molecule has 0 atom stereocenters. The number of benzene rings is 1. The second kappa shape index (κ2) is 4.88. The van der Waals surface area contributed by atoms with Crippen molar-refractivity contribution in [1.29, 1.82) is 0 Å². The van der Waals surface area contributed by atoms with E-state index in [4.69, 9.17) is 0 Å². The Bertz CT molecular complexity index is 569. The van der Waals surface area contributed by atoms with E-state index in [1.54, 1.807) is 0 Å². The molecule has 0 unspecified atom stereocenters. The molecule has 4 nitrogen and oxygen atoms in total. The van der Waals surface area contributed by atoms with Crippen molar-refractivity contribution in [2.45, 2.75) is 25.8 Å². The lowest BCUT2D eigenvalue weighted by molar-refractivity contribution is 0.766. The second-order valence-corrected chi connectivity index (χ2v) is 4.95. The molecule has 2 N–H and O–H groups in total. The Morgan fingerprint density at radius 3 is 2.32 bits per heavy atom. The van der Waals surface area contributed by atoms with Crippen LogP contribution in [0.5, 0.6) is 0 Å². The Morgan fingerprint density at radius 1 is 1.05 bits per heavy atom. The van der Waals surface area contributed by atoms with Crippen LogP contribution in [0, 0.1) is 6.92 Å². The lowest BCUT2D eigenvalue weighted by Crippen LogP contribution is -2.20. The van der Waals surface area contributed by atoms with Crippen LogP contribution in [-0.2, 0) is 12.8 Å². The van der Waals surface area contributed by atoms with Crippen molar-refractivity contribution in [2.24, 2.45) is 0 Å². The van der Waals surface area contributed by atoms with E-state index in [0.29, 0.717) is 6.04 Å². The molecule has 1 aliphatic carbocycles. The van der Waals surface area contributed by atoms with E-state index in [1.807, 2.05) is 20.0 Å². The maximum atomic E-state index is 4.45. The minimum Gasteiger partial charge on any atom is -0.373 e. The molecule has 3 rings (SSSR count). The Hall–Kier alpha value is -2.10. The summed E-state index contributed by atoms with van der Waals surface area (Å²) in [5, 5.41) is 6.57. The van der Waals surface area contributed by atoms with Crippen LogP contribution in [0.25, 0.3) is 0 Å². The lowest BCUT2D eigenvalue weighted by Gasteiger charge is -2.14. The molecule has 2 aromatic rings. The molecule has 0 amide bonds. The summed E-state index contributed by atoms with van der Waals surface area (Å²) in [7, 11) is 1.87. The summed E-state index contributed by atoms with van der Waals surface area (Å²) in [6, 6.07) is 11.0. The van der Waals surface area contributed by atoms with Gasteiger partial charge in [-0.05, 0) is 30.9 Å². The first-order valence-electron chi connectivity index (χ1n) is 6.61. The number of nitrogens with zero attached hydrogens (tertiary/aromatic N) is 2. The smallest absolute Gasteiger partial charge is 0.132 e. The first-order valence-corrected chi connectivity index (χ1v) is 6.61. The van der Waals surface area contributed by atoms with Crippen molar-refractivity contribution in [2.75, 3.05) is 17.7 Å². The summed E-state index contributed by atoms with van der Waals surface area (Å²) >= 11 is 0. The molecule has 19 heavy (non-hydrogen) atoms. The molecule has 0 aliphatic heterocycles. The van der Waals surface area contributed by atoms with Gasteiger partial charge in [0.2, 0.25) is 0 Å². The van der Waals surface area contributed by atoms with E-state index in [9.17, 15) is 0 Å². The minimum absolute atomic E-state index is 0.427. The zero-order valence-electron chi connectivity index (χ0n) is 11.3. The molecule has 0 bridgehead atoms. The zero-order valence-corrected chi connectivity index (χ0v) is 11.3. The number of aromatic nitrogens is 2. The van der Waals surface area contributed by atoms with Crippen molar-refractivity contribution >= 4 is 11.6 Å². The van der Waals surface area contributed by atoms with Crippen LogP contribution in [0.1, 0.15) is 17.0 Å². The number of hydrogen-bond donors (Lipinski definition) is 2. The normalized spacial score (nSPS) is 14.2. The molecular formula is C15H18N4. The zero-order chi connectivity index (χ0) is 13.2. The number of nitrogens with one attached hydrogen (secondary N) is 2. The highest BCUT2D eigenvalue weighted by molar-refractivity contribution is 5.49. The standard InChI is InChI=1S/C15H18N4/c1-10-17-14(16-2)9-15(18-10)19-13-7-11-5-3-4-6-12(11)8-13/h3-6,9,13H,7-8H2,1-2H3,(H2,16,17,18,19). The summed E-state index contributed by atoms with van der Waals surface area (Å²) in [4.78, 5) is 8.75. The predicted octanol–water partition coefficient (Wildman–Crippen LogP) is 2.41. The molecule has 1 aromatic heterocycles. The van der Waals surface area contributed by atoms with Crippen LogP contribution in [0.4, 0.5) is 11.6 Å². The first kappa shape index (κ1) is 12.0. The highest BCUT2D eigenvalue weighted by atomic mass is 15.1. The molecule has 0 saturated carbocycles. The van der Waals surface area contributed by atoms with Gasteiger partial charge in [-0.15, -0.1) is 0 Å². The third kappa shape index (κ3) is 2.52. The summed E-state index contributed by atoms with van der Waals surface area (Å²) in [6.45, 7) is 1.91. The van der Waals surface area contributed by atoms with E-state index in [1.165, 1.54) is 11.1 Å². The molecular weight excluding hydrogens is 236 g/mol. The number of anilines is 2. The van der Waals surface area contributed by atoms with Crippen LogP contribution in [0.3, 0.4) is 0 Å². The van der Waals surface area contributed by atoms with Gasteiger partial charge in [0.25, 0.3) is 0 Å². The van der Waals surface area contributed by atoms with Gasteiger partial charge in [-0.3, -0.25) is 0 Å². The van der Waals surface area contributed by atoms with Gasteiger partial charge in [-0.25, -0.2) is 9.97 Å². The Kier molecular flexibility index (Phi) is 3.07. The molecule has 1 aromatic carbocycles. The Morgan fingerprint density at radius 2 is 1.68 bits per heavy atom. The van der Waals surface area contributed by atoms with E-state index in [-0.39, 0.29) is 0 Å². The van der Waals surface area contributed by atoms with Gasteiger partial charge in [0.15, 0.2) is 0 Å². The monoisotopic (exact) mass is 254 g/mol. The maximum absolute atomic E-state index is 4.45. The van der Waals surface area contributed by atoms with Crippen molar-refractivity contribution in [1.82, 2.24) is 9.97 Å². The molecule has 1 heterocycles. The molecule has 0 fully saturated rings. The van der Waals surface area contributed by atoms with Crippen LogP contribution >= 0.6 is 0 Å². The van der Waals surface area contributed by atoms with E-state index in [2.05, 4.69) is 44.9 Å². The van der Waals surface area contributed by atoms with Gasteiger partial charge in [-0.1, -0.05) is 24.3 Å². The fraction of sp³-hybridized carbons (Fsp3) is 0.333. The first-order chi connectivity index (χ1) is 9.24. The second-order valence-electron chi connectivity index (χ2n) is 4.95. The van der Waals surface area contributed by atoms with Gasteiger partial charge in [-0.2, -0.15) is 0 Å². The number of fused-ring (bicyclic) bond motifs is 1. The minimum atomic E-state index is 0.427. The lowest BCUT2D eigenvalue weighted by atomic mass is 10.1. The largest absolute Gasteiger partial charge is 0.373 e. The third-order valence-corrected chi connectivity index (χ3v) is 3.50. The van der Waals surface area contributed by atoms with Gasteiger partial charge < -0.3 is 10.6 Å². The average Bonchev–Trinajstić information content (AvgIpc) is 2.80. The topological polar surface area (TPSA) is 49.8 Å². The van der Waals surface area contributed by atoms with E-state index >= 15 is 0 Å². The third-order valence-electron chi connectivity index (χ3n) is 3.50. The quantitative estimate of drug-likeness (QED) is 0.883. The van der Waals surface area contributed by atoms with Crippen molar-refractivity contribution < 1.29 is 0 Å². The molecule has 1 aliphatic rings. The van der Waals surface area contributed by atoms with Gasteiger partial charge in [0, 0.05) is 19.2 Å². The SMILES string of the molecule is CNc1cc(NC2Cc3ccccc3C2)nc(C)n1. The molecule has 98 valence electrons. The Balaban J connectivity index is 1.75. The number of hydrogen-bond acceptors (Lipinski definition) is 4. The van der Waals surface area contributed by atoms with Crippen LogP contribution in [-0.4, -0.2) is 23.1 Å². The van der Waals surface area contributed by atoms with Crippen molar-refractivity contribution in [3.05, 3.63) is 47.3 Å². The highest BCUT2D eigenvalue weighted by Crippen LogP contribution is 2.24. The van der Waals surface area contributed by atoms with Gasteiger partial charge in [0.1, 0.15) is 17.5 Å². The molecule has 0 radical (unpaired) electrons. The highest BCUT2D eigenvalue weighted by Gasteiger charge is 2.21. The van der Waals surface area contributed by atoms with Crippen LogP contribution in [0.2, 0.25) is 0 Å². The van der Waals surface area contributed by atoms with Gasteiger partial charge >= 0.3 is 0 Å². The van der Waals surface area contributed by atoms with E-state index < -0.39 is 0 Å². The fourth-order valence-corrected chi connectivity index (χ4v) is 2.64.